The van der Waals surface area contributed by atoms with Gasteiger partial charge in [-0.2, -0.15) is 0 Å². The fraction of sp³-hybridized carbons (Fsp3) is 0.533. The van der Waals surface area contributed by atoms with Crippen molar-refractivity contribution in [1.29, 1.82) is 0 Å². The first-order valence-corrected chi connectivity index (χ1v) is 6.75. The lowest BCUT2D eigenvalue weighted by Crippen LogP contribution is -2.50. The molecule has 2 unspecified atom stereocenters. The molecule has 110 valence electrons. The molecule has 1 aromatic carbocycles. The van der Waals surface area contributed by atoms with Crippen LogP contribution in [-0.4, -0.2) is 39.5 Å². The first-order chi connectivity index (χ1) is 9.66. The summed E-state index contributed by atoms with van der Waals surface area (Å²) in [4.78, 5) is 12.0. The molecular weight excluding hydrogens is 258 g/mol. The van der Waals surface area contributed by atoms with Crippen LogP contribution in [0.25, 0.3) is 0 Å². The number of ether oxygens (including phenoxy) is 3. The summed E-state index contributed by atoms with van der Waals surface area (Å²) < 4.78 is 15.8. The van der Waals surface area contributed by atoms with E-state index in [1.807, 2.05) is 18.2 Å². The van der Waals surface area contributed by atoms with E-state index < -0.39 is 11.5 Å². The standard InChI is InChI=1S/C15H21NO4/c1-18-14(17)15(16,13-5-3-2-4-6-13)11-20-10-12-7-8-19-9-12/h2-6,12H,7-11,16H2,1H3. The van der Waals surface area contributed by atoms with Gasteiger partial charge in [0.15, 0.2) is 5.54 Å². The Morgan fingerprint density at radius 1 is 1.45 bits per heavy atom. The second kappa shape index (κ2) is 6.83. The highest BCUT2D eigenvalue weighted by Gasteiger charge is 2.38. The number of hydrogen-bond donors (Lipinski definition) is 1. The average Bonchev–Trinajstić information content (AvgIpc) is 3.00. The predicted octanol–water partition coefficient (Wildman–Crippen LogP) is 1.07. The minimum Gasteiger partial charge on any atom is -0.467 e. The molecule has 0 radical (unpaired) electrons. The van der Waals surface area contributed by atoms with Crippen LogP contribution in [0.1, 0.15) is 12.0 Å². The van der Waals surface area contributed by atoms with E-state index in [1.54, 1.807) is 12.1 Å². The van der Waals surface area contributed by atoms with Crippen LogP contribution < -0.4 is 5.73 Å². The third kappa shape index (κ3) is 3.36. The SMILES string of the molecule is COC(=O)C(N)(COCC1CCOC1)c1ccccc1. The van der Waals surface area contributed by atoms with Crippen molar-refractivity contribution in [3.05, 3.63) is 35.9 Å². The lowest BCUT2D eigenvalue weighted by molar-refractivity contribution is -0.150. The normalized spacial score (nSPS) is 21.4. The monoisotopic (exact) mass is 279 g/mol. The highest BCUT2D eigenvalue weighted by Crippen LogP contribution is 2.21. The van der Waals surface area contributed by atoms with Crippen LogP contribution >= 0.6 is 0 Å². The summed E-state index contributed by atoms with van der Waals surface area (Å²) in [6.45, 7) is 2.13. The molecule has 1 aromatic rings. The highest BCUT2D eigenvalue weighted by molar-refractivity contribution is 5.82. The lowest BCUT2D eigenvalue weighted by Gasteiger charge is -2.27. The highest BCUT2D eigenvalue weighted by atomic mass is 16.5. The summed E-state index contributed by atoms with van der Waals surface area (Å²) in [6, 6.07) is 9.16. The van der Waals surface area contributed by atoms with Crippen molar-refractivity contribution in [2.24, 2.45) is 11.7 Å². The van der Waals surface area contributed by atoms with Gasteiger partial charge >= 0.3 is 5.97 Å². The van der Waals surface area contributed by atoms with E-state index in [0.717, 1.165) is 13.0 Å². The molecule has 1 saturated heterocycles. The Balaban J connectivity index is 2.01. The number of esters is 1. The molecule has 5 heteroatoms. The molecule has 1 fully saturated rings. The fourth-order valence-corrected chi connectivity index (χ4v) is 2.28. The van der Waals surface area contributed by atoms with E-state index in [4.69, 9.17) is 19.9 Å². The second-order valence-electron chi connectivity index (χ2n) is 5.07. The minimum absolute atomic E-state index is 0.0974. The molecule has 1 aliphatic heterocycles. The third-order valence-corrected chi connectivity index (χ3v) is 3.55. The fourth-order valence-electron chi connectivity index (χ4n) is 2.28. The molecule has 0 amide bonds. The molecule has 0 aromatic heterocycles. The number of nitrogens with two attached hydrogens (primary N) is 1. The van der Waals surface area contributed by atoms with Crippen LogP contribution in [0.3, 0.4) is 0 Å². The molecule has 0 spiro atoms. The molecule has 1 heterocycles. The Labute approximate surface area is 119 Å². The molecule has 0 saturated carbocycles. The average molecular weight is 279 g/mol. The number of rotatable bonds is 6. The Hall–Kier alpha value is -1.43. The van der Waals surface area contributed by atoms with Gasteiger partial charge in [-0.15, -0.1) is 0 Å². The molecule has 2 rings (SSSR count). The van der Waals surface area contributed by atoms with Gasteiger partial charge in [0.1, 0.15) is 0 Å². The van der Waals surface area contributed by atoms with Gasteiger partial charge in [0.05, 0.1) is 26.9 Å². The third-order valence-electron chi connectivity index (χ3n) is 3.55. The number of carbonyl (C=O) groups excluding carboxylic acids is 1. The van der Waals surface area contributed by atoms with Gasteiger partial charge in [-0.25, -0.2) is 4.79 Å². The zero-order chi connectivity index (χ0) is 14.4. The van der Waals surface area contributed by atoms with Crippen molar-refractivity contribution in [3.8, 4) is 0 Å². The van der Waals surface area contributed by atoms with Crippen LogP contribution in [0, 0.1) is 5.92 Å². The summed E-state index contributed by atoms with van der Waals surface area (Å²) in [5.41, 5.74) is 5.65. The lowest BCUT2D eigenvalue weighted by atomic mass is 9.92. The maximum atomic E-state index is 12.0. The maximum absolute atomic E-state index is 12.0. The Bertz CT molecular complexity index is 431. The van der Waals surface area contributed by atoms with Crippen molar-refractivity contribution in [3.63, 3.8) is 0 Å². The predicted molar refractivity (Wildman–Crippen MR) is 74.1 cm³/mol. The summed E-state index contributed by atoms with van der Waals surface area (Å²) >= 11 is 0. The van der Waals surface area contributed by atoms with Gasteiger partial charge in [-0.05, 0) is 12.0 Å². The second-order valence-corrected chi connectivity index (χ2v) is 5.07. The number of benzene rings is 1. The van der Waals surface area contributed by atoms with Crippen molar-refractivity contribution < 1.29 is 19.0 Å². The van der Waals surface area contributed by atoms with Gasteiger partial charge in [0.2, 0.25) is 0 Å². The molecule has 2 N–H and O–H groups in total. The molecule has 0 bridgehead atoms. The Kier molecular flexibility index (Phi) is 5.11. The molecule has 0 aliphatic carbocycles. The van der Waals surface area contributed by atoms with E-state index in [1.165, 1.54) is 7.11 Å². The minimum atomic E-state index is -1.27. The van der Waals surface area contributed by atoms with Crippen LogP contribution in [0.4, 0.5) is 0 Å². The topological polar surface area (TPSA) is 70.8 Å². The van der Waals surface area contributed by atoms with E-state index in [9.17, 15) is 4.79 Å². The first-order valence-electron chi connectivity index (χ1n) is 6.75. The molecule has 1 aliphatic rings. The van der Waals surface area contributed by atoms with Crippen molar-refractivity contribution in [2.75, 3.05) is 33.5 Å². The van der Waals surface area contributed by atoms with Crippen LogP contribution in [0.15, 0.2) is 30.3 Å². The number of hydrogen-bond acceptors (Lipinski definition) is 5. The number of carbonyl (C=O) groups is 1. The van der Waals surface area contributed by atoms with Gasteiger partial charge in [-0.3, -0.25) is 0 Å². The van der Waals surface area contributed by atoms with Gasteiger partial charge in [0, 0.05) is 12.5 Å². The van der Waals surface area contributed by atoms with Crippen molar-refractivity contribution >= 4 is 5.97 Å². The van der Waals surface area contributed by atoms with Crippen LogP contribution in [0.2, 0.25) is 0 Å². The van der Waals surface area contributed by atoms with Crippen LogP contribution in [-0.2, 0) is 24.5 Å². The van der Waals surface area contributed by atoms with E-state index in [0.29, 0.717) is 24.7 Å². The number of methoxy groups -OCH3 is 1. The molecular formula is C15H21NO4. The summed E-state index contributed by atoms with van der Waals surface area (Å²) in [5, 5.41) is 0. The summed E-state index contributed by atoms with van der Waals surface area (Å²) in [5.74, 6) is -0.112. The van der Waals surface area contributed by atoms with E-state index in [-0.39, 0.29) is 6.61 Å². The zero-order valence-electron chi connectivity index (χ0n) is 11.7. The summed E-state index contributed by atoms with van der Waals surface area (Å²) in [6.07, 6.45) is 0.987. The molecule has 2 atom stereocenters. The van der Waals surface area contributed by atoms with Crippen molar-refractivity contribution in [2.45, 2.75) is 12.0 Å². The Morgan fingerprint density at radius 2 is 2.20 bits per heavy atom. The van der Waals surface area contributed by atoms with E-state index >= 15 is 0 Å². The largest absolute Gasteiger partial charge is 0.467 e. The molecule has 5 nitrogen and oxygen atoms in total. The molecule has 20 heavy (non-hydrogen) atoms. The maximum Gasteiger partial charge on any atom is 0.332 e. The van der Waals surface area contributed by atoms with Gasteiger partial charge < -0.3 is 19.9 Å². The van der Waals surface area contributed by atoms with Gasteiger partial charge in [-0.1, -0.05) is 30.3 Å². The van der Waals surface area contributed by atoms with Crippen molar-refractivity contribution in [1.82, 2.24) is 0 Å². The quantitative estimate of drug-likeness (QED) is 0.789. The van der Waals surface area contributed by atoms with Gasteiger partial charge in [0.25, 0.3) is 0 Å². The summed E-state index contributed by atoms with van der Waals surface area (Å²) in [7, 11) is 1.33. The Morgan fingerprint density at radius 3 is 2.80 bits per heavy atom. The van der Waals surface area contributed by atoms with E-state index in [2.05, 4.69) is 0 Å². The first kappa shape index (κ1) is 15.0. The zero-order valence-corrected chi connectivity index (χ0v) is 11.7. The van der Waals surface area contributed by atoms with Crippen LogP contribution in [0.5, 0.6) is 0 Å². The smallest absolute Gasteiger partial charge is 0.332 e.